The Balaban J connectivity index is 2.62. The molecule has 0 spiro atoms. The summed E-state index contributed by atoms with van der Waals surface area (Å²) in [4.78, 5) is 0. The van der Waals surface area contributed by atoms with Crippen molar-refractivity contribution in [2.75, 3.05) is 19.8 Å². The molecule has 0 fully saturated rings. The van der Waals surface area contributed by atoms with Crippen molar-refractivity contribution in [2.45, 2.75) is 26.3 Å². The highest BCUT2D eigenvalue weighted by atomic mass is 16.5. The van der Waals surface area contributed by atoms with Gasteiger partial charge in [0.05, 0.1) is 6.61 Å². The first-order chi connectivity index (χ1) is 7.79. The molecule has 1 aromatic rings. The summed E-state index contributed by atoms with van der Waals surface area (Å²) in [7, 11) is 0. The summed E-state index contributed by atoms with van der Waals surface area (Å²) in [5, 5.41) is 0. The second kappa shape index (κ2) is 7.25. The lowest BCUT2D eigenvalue weighted by Gasteiger charge is -2.16. The van der Waals surface area contributed by atoms with E-state index in [2.05, 4.69) is 0 Å². The van der Waals surface area contributed by atoms with Crippen molar-refractivity contribution in [3.8, 4) is 5.75 Å². The zero-order valence-corrected chi connectivity index (χ0v) is 10.1. The molecule has 2 N–H and O–H groups in total. The van der Waals surface area contributed by atoms with Gasteiger partial charge in [-0.2, -0.15) is 0 Å². The van der Waals surface area contributed by atoms with Gasteiger partial charge in [-0.25, -0.2) is 0 Å². The van der Waals surface area contributed by atoms with Crippen LogP contribution in [0.25, 0.3) is 0 Å². The molecule has 3 nitrogen and oxygen atoms in total. The van der Waals surface area contributed by atoms with Crippen LogP contribution in [0, 0.1) is 0 Å². The number of hydrogen-bond acceptors (Lipinski definition) is 3. The molecule has 1 rings (SSSR count). The summed E-state index contributed by atoms with van der Waals surface area (Å²) in [5.74, 6) is 0.883. The van der Waals surface area contributed by atoms with Gasteiger partial charge in [0, 0.05) is 24.8 Å². The van der Waals surface area contributed by atoms with Crippen LogP contribution >= 0.6 is 0 Å². The van der Waals surface area contributed by atoms with Gasteiger partial charge >= 0.3 is 0 Å². The maximum absolute atomic E-state index is 6.11. The highest BCUT2D eigenvalue weighted by Crippen LogP contribution is 2.25. The third kappa shape index (κ3) is 3.83. The maximum Gasteiger partial charge on any atom is 0.124 e. The van der Waals surface area contributed by atoms with Gasteiger partial charge in [-0.1, -0.05) is 18.2 Å². The molecule has 0 aromatic heterocycles. The van der Waals surface area contributed by atoms with Crippen LogP contribution in [-0.2, 0) is 4.74 Å². The Morgan fingerprint density at radius 3 is 2.62 bits per heavy atom. The number of benzene rings is 1. The van der Waals surface area contributed by atoms with Gasteiger partial charge in [0.2, 0.25) is 0 Å². The Hall–Kier alpha value is -1.06. The lowest BCUT2D eigenvalue weighted by molar-refractivity contribution is 0.139. The number of rotatable bonds is 7. The van der Waals surface area contributed by atoms with Gasteiger partial charge in [-0.05, 0) is 26.3 Å². The highest BCUT2D eigenvalue weighted by Gasteiger charge is 2.10. The molecule has 0 aliphatic carbocycles. The van der Waals surface area contributed by atoms with Crippen LogP contribution in [0.3, 0.4) is 0 Å². The van der Waals surface area contributed by atoms with Gasteiger partial charge in [-0.15, -0.1) is 0 Å². The van der Waals surface area contributed by atoms with Crippen LogP contribution in [-0.4, -0.2) is 19.8 Å². The molecule has 0 amide bonds. The minimum absolute atomic E-state index is 0.0192. The van der Waals surface area contributed by atoms with E-state index in [1.54, 1.807) is 0 Å². The molecule has 0 aliphatic rings. The fourth-order valence-electron chi connectivity index (χ4n) is 1.58. The van der Waals surface area contributed by atoms with Crippen LogP contribution in [0.15, 0.2) is 24.3 Å². The maximum atomic E-state index is 6.11. The summed E-state index contributed by atoms with van der Waals surface area (Å²) < 4.78 is 10.8. The van der Waals surface area contributed by atoms with Crippen molar-refractivity contribution in [3.05, 3.63) is 29.8 Å². The van der Waals surface area contributed by atoms with Gasteiger partial charge in [0.15, 0.2) is 0 Å². The first kappa shape index (κ1) is 13.0. The minimum Gasteiger partial charge on any atom is -0.494 e. The fraction of sp³-hybridized carbons (Fsp3) is 0.538. The van der Waals surface area contributed by atoms with E-state index in [4.69, 9.17) is 15.2 Å². The van der Waals surface area contributed by atoms with E-state index in [1.807, 2.05) is 38.1 Å². The van der Waals surface area contributed by atoms with Crippen molar-refractivity contribution < 1.29 is 9.47 Å². The molecular weight excluding hydrogens is 202 g/mol. The summed E-state index contributed by atoms with van der Waals surface area (Å²) >= 11 is 0. The van der Waals surface area contributed by atoms with Crippen molar-refractivity contribution >= 4 is 0 Å². The van der Waals surface area contributed by atoms with Gasteiger partial charge in [0.1, 0.15) is 5.75 Å². The number of para-hydroxylation sites is 1. The second-order valence-corrected chi connectivity index (χ2v) is 3.56. The molecule has 1 aromatic carbocycles. The highest BCUT2D eigenvalue weighted by molar-refractivity contribution is 5.35. The summed E-state index contributed by atoms with van der Waals surface area (Å²) in [6.45, 7) is 6.05. The fourth-order valence-corrected chi connectivity index (χ4v) is 1.58. The topological polar surface area (TPSA) is 44.5 Å². The standard InChI is InChI=1S/C13H21NO2/c1-3-15-10-9-12(14)11-7-5-6-8-13(11)16-4-2/h5-8,12H,3-4,9-10,14H2,1-2H3. The Bertz CT molecular complexity index is 302. The van der Waals surface area contributed by atoms with Crippen LogP contribution in [0.2, 0.25) is 0 Å². The molecule has 1 unspecified atom stereocenters. The van der Waals surface area contributed by atoms with Crippen molar-refractivity contribution in [3.63, 3.8) is 0 Å². The SMILES string of the molecule is CCOCCC(N)c1ccccc1OCC. The smallest absolute Gasteiger partial charge is 0.124 e. The first-order valence-electron chi connectivity index (χ1n) is 5.84. The largest absolute Gasteiger partial charge is 0.494 e. The molecule has 0 saturated carbocycles. The molecular formula is C13H21NO2. The molecule has 0 heterocycles. The quantitative estimate of drug-likeness (QED) is 0.722. The molecule has 0 saturated heterocycles. The monoisotopic (exact) mass is 223 g/mol. The predicted octanol–water partition coefficient (Wildman–Crippen LogP) is 2.51. The molecule has 1 atom stereocenters. The lowest BCUT2D eigenvalue weighted by atomic mass is 10.0. The molecule has 90 valence electrons. The van der Waals surface area contributed by atoms with E-state index in [0.717, 1.165) is 24.3 Å². The van der Waals surface area contributed by atoms with Crippen molar-refractivity contribution in [1.82, 2.24) is 0 Å². The summed E-state index contributed by atoms with van der Waals surface area (Å²) in [5.41, 5.74) is 7.17. The van der Waals surface area contributed by atoms with E-state index in [0.29, 0.717) is 13.2 Å². The van der Waals surface area contributed by atoms with Gasteiger partial charge < -0.3 is 15.2 Å². The zero-order chi connectivity index (χ0) is 11.8. The Kier molecular flexibility index (Phi) is 5.90. The third-order valence-electron chi connectivity index (χ3n) is 2.40. The average molecular weight is 223 g/mol. The number of ether oxygens (including phenoxy) is 2. The number of hydrogen-bond donors (Lipinski definition) is 1. The molecule has 0 aliphatic heterocycles. The van der Waals surface area contributed by atoms with Crippen molar-refractivity contribution in [1.29, 1.82) is 0 Å². The zero-order valence-electron chi connectivity index (χ0n) is 10.1. The summed E-state index contributed by atoms with van der Waals surface area (Å²) in [6.07, 6.45) is 0.817. The van der Waals surface area contributed by atoms with E-state index in [-0.39, 0.29) is 6.04 Å². The number of nitrogens with two attached hydrogens (primary N) is 1. The van der Waals surface area contributed by atoms with Crippen LogP contribution in [0.5, 0.6) is 5.75 Å². The summed E-state index contributed by atoms with van der Waals surface area (Å²) in [6, 6.07) is 7.90. The average Bonchev–Trinajstić information content (AvgIpc) is 2.30. The van der Waals surface area contributed by atoms with Crippen LogP contribution in [0.4, 0.5) is 0 Å². The Morgan fingerprint density at radius 2 is 1.94 bits per heavy atom. The van der Waals surface area contributed by atoms with Crippen LogP contribution in [0.1, 0.15) is 31.9 Å². The van der Waals surface area contributed by atoms with Gasteiger partial charge in [0.25, 0.3) is 0 Å². The molecule has 0 bridgehead atoms. The Morgan fingerprint density at radius 1 is 1.19 bits per heavy atom. The lowest BCUT2D eigenvalue weighted by Crippen LogP contribution is -2.14. The van der Waals surface area contributed by atoms with E-state index >= 15 is 0 Å². The normalized spacial score (nSPS) is 12.4. The van der Waals surface area contributed by atoms with Gasteiger partial charge in [-0.3, -0.25) is 0 Å². The Labute approximate surface area is 97.6 Å². The van der Waals surface area contributed by atoms with E-state index in [9.17, 15) is 0 Å². The van der Waals surface area contributed by atoms with E-state index < -0.39 is 0 Å². The second-order valence-electron chi connectivity index (χ2n) is 3.56. The predicted molar refractivity (Wildman–Crippen MR) is 65.6 cm³/mol. The molecule has 0 radical (unpaired) electrons. The van der Waals surface area contributed by atoms with Crippen molar-refractivity contribution in [2.24, 2.45) is 5.73 Å². The third-order valence-corrected chi connectivity index (χ3v) is 2.40. The van der Waals surface area contributed by atoms with E-state index in [1.165, 1.54) is 0 Å². The first-order valence-corrected chi connectivity index (χ1v) is 5.84. The minimum atomic E-state index is -0.0192. The van der Waals surface area contributed by atoms with Crippen LogP contribution < -0.4 is 10.5 Å². The molecule has 3 heteroatoms. The molecule has 16 heavy (non-hydrogen) atoms.